The van der Waals surface area contributed by atoms with Crippen LogP contribution in [0.25, 0.3) is 10.2 Å². The Hall–Kier alpha value is -2.60. The Balaban J connectivity index is 1.76. The van der Waals surface area contributed by atoms with Gasteiger partial charge < -0.3 is 15.0 Å². The molecule has 1 heterocycles. The number of thiazole rings is 1. The van der Waals surface area contributed by atoms with Gasteiger partial charge in [0, 0.05) is 7.05 Å². The van der Waals surface area contributed by atoms with E-state index in [0.29, 0.717) is 11.4 Å². The highest BCUT2D eigenvalue weighted by Gasteiger charge is 2.15. The van der Waals surface area contributed by atoms with Crippen LogP contribution in [0.1, 0.15) is 11.1 Å². The minimum absolute atomic E-state index is 0.111. The molecule has 0 radical (unpaired) electrons. The van der Waals surface area contributed by atoms with Crippen molar-refractivity contribution in [3.8, 4) is 5.75 Å². The monoisotopic (exact) mass is 355 g/mol. The molecule has 1 aromatic heterocycles. The molecule has 1 amide bonds. The Bertz CT molecular complexity index is 881. The summed E-state index contributed by atoms with van der Waals surface area (Å²) in [4.78, 5) is 19.0. The van der Waals surface area contributed by atoms with Crippen LogP contribution in [-0.2, 0) is 4.79 Å². The molecule has 3 aromatic rings. The lowest BCUT2D eigenvalue weighted by Crippen LogP contribution is -2.30. The van der Waals surface area contributed by atoms with E-state index >= 15 is 0 Å². The van der Waals surface area contributed by atoms with Gasteiger partial charge in [-0.1, -0.05) is 35.6 Å². The zero-order valence-corrected chi connectivity index (χ0v) is 15.6. The highest BCUT2D eigenvalue weighted by atomic mass is 32.1. The Kier molecular flexibility index (Phi) is 4.90. The maximum atomic E-state index is 12.4. The number of nitrogens with one attached hydrogen (secondary N) is 1. The van der Waals surface area contributed by atoms with Crippen LogP contribution in [0.15, 0.2) is 36.4 Å². The first-order valence-electron chi connectivity index (χ1n) is 8.00. The van der Waals surface area contributed by atoms with Gasteiger partial charge in [-0.05, 0) is 37.1 Å². The van der Waals surface area contributed by atoms with E-state index in [-0.39, 0.29) is 12.5 Å². The number of likely N-dealkylation sites (N-methyl/N-ethyl adjacent to an activating group) is 1. The van der Waals surface area contributed by atoms with Crippen LogP contribution >= 0.6 is 11.3 Å². The summed E-state index contributed by atoms with van der Waals surface area (Å²) in [5, 5.41) is 3.73. The van der Waals surface area contributed by atoms with Crippen LogP contribution in [0.3, 0.4) is 0 Å². The minimum atomic E-state index is -0.111. The van der Waals surface area contributed by atoms with Gasteiger partial charge in [-0.25, -0.2) is 4.98 Å². The van der Waals surface area contributed by atoms with Gasteiger partial charge in [-0.2, -0.15) is 0 Å². The van der Waals surface area contributed by atoms with E-state index in [0.717, 1.165) is 16.2 Å². The fourth-order valence-electron chi connectivity index (χ4n) is 2.63. The molecule has 0 saturated carbocycles. The normalized spacial score (nSPS) is 10.7. The van der Waals surface area contributed by atoms with Crippen LogP contribution < -0.4 is 15.0 Å². The second-order valence-electron chi connectivity index (χ2n) is 5.98. The summed E-state index contributed by atoms with van der Waals surface area (Å²) in [5.74, 6) is 0.532. The topological polar surface area (TPSA) is 54.5 Å². The van der Waals surface area contributed by atoms with Crippen molar-refractivity contribution in [3.63, 3.8) is 0 Å². The molecule has 25 heavy (non-hydrogen) atoms. The molecule has 5 nitrogen and oxygen atoms in total. The molecule has 0 fully saturated rings. The molecule has 1 N–H and O–H groups in total. The summed E-state index contributed by atoms with van der Waals surface area (Å²) in [6.07, 6.45) is 0. The van der Waals surface area contributed by atoms with E-state index in [1.165, 1.54) is 10.3 Å². The molecule has 6 heteroatoms. The Morgan fingerprint density at radius 2 is 1.92 bits per heavy atom. The quantitative estimate of drug-likeness (QED) is 0.752. The second kappa shape index (κ2) is 7.11. The Morgan fingerprint density at radius 3 is 2.64 bits per heavy atom. The van der Waals surface area contributed by atoms with E-state index in [2.05, 4.69) is 31.3 Å². The Labute approximate surface area is 151 Å². The lowest BCUT2D eigenvalue weighted by Gasteiger charge is -2.16. The first-order chi connectivity index (χ1) is 12.0. The van der Waals surface area contributed by atoms with E-state index in [9.17, 15) is 4.79 Å². The van der Waals surface area contributed by atoms with Crippen LogP contribution in [0.5, 0.6) is 5.75 Å². The molecule has 0 spiro atoms. The third-order valence-corrected chi connectivity index (χ3v) is 5.32. The zero-order valence-electron chi connectivity index (χ0n) is 14.8. The predicted molar refractivity (Wildman–Crippen MR) is 104 cm³/mol. The summed E-state index contributed by atoms with van der Waals surface area (Å²) in [5.41, 5.74) is 4.03. The SMILES string of the molecule is COc1ccccc1NC(=O)CN(C)c1nc2c(C)ccc(C)c2s1. The number of rotatable bonds is 5. The number of hydrogen-bond donors (Lipinski definition) is 1. The van der Waals surface area contributed by atoms with Gasteiger partial charge in [-0.15, -0.1) is 0 Å². The van der Waals surface area contributed by atoms with Crippen LogP contribution in [0.2, 0.25) is 0 Å². The summed E-state index contributed by atoms with van der Waals surface area (Å²) >= 11 is 1.61. The third-order valence-electron chi connectivity index (χ3n) is 4.02. The molecule has 0 atom stereocenters. The Morgan fingerprint density at radius 1 is 1.20 bits per heavy atom. The minimum Gasteiger partial charge on any atom is -0.495 e. The molecule has 3 rings (SSSR count). The van der Waals surface area contributed by atoms with Crippen molar-refractivity contribution in [2.24, 2.45) is 0 Å². The number of aromatic nitrogens is 1. The van der Waals surface area contributed by atoms with Crippen molar-refractivity contribution in [1.29, 1.82) is 0 Å². The number of benzene rings is 2. The van der Waals surface area contributed by atoms with Gasteiger partial charge in [0.1, 0.15) is 5.75 Å². The van der Waals surface area contributed by atoms with Gasteiger partial charge in [0.15, 0.2) is 5.13 Å². The highest BCUT2D eigenvalue weighted by molar-refractivity contribution is 7.22. The van der Waals surface area contributed by atoms with Crippen molar-refractivity contribution in [3.05, 3.63) is 47.5 Å². The number of nitrogens with zero attached hydrogens (tertiary/aromatic N) is 2. The number of amides is 1. The van der Waals surface area contributed by atoms with E-state index in [1.54, 1.807) is 18.4 Å². The fourth-order valence-corrected chi connectivity index (χ4v) is 3.70. The number of hydrogen-bond acceptors (Lipinski definition) is 5. The van der Waals surface area contributed by atoms with Crippen molar-refractivity contribution < 1.29 is 9.53 Å². The summed E-state index contributed by atoms with van der Waals surface area (Å²) < 4.78 is 6.44. The number of carbonyl (C=O) groups excluding carboxylic acids is 1. The fraction of sp³-hybridized carbons (Fsp3) is 0.263. The number of methoxy groups -OCH3 is 1. The molecule has 0 aliphatic heterocycles. The van der Waals surface area contributed by atoms with Gasteiger partial charge in [0.25, 0.3) is 0 Å². The average molecular weight is 355 g/mol. The molecule has 0 bridgehead atoms. The smallest absolute Gasteiger partial charge is 0.244 e. The number of carbonyl (C=O) groups is 1. The highest BCUT2D eigenvalue weighted by Crippen LogP contribution is 2.32. The summed E-state index contributed by atoms with van der Waals surface area (Å²) in [6, 6.07) is 11.6. The molecule has 0 saturated heterocycles. The molecule has 0 aliphatic carbocycles. The predicted octanol–water partition coefficient (Wildman–Crippen LogP) is 4.00. The summed E-state index contributed by atoms with van der Waals surface area (Å²) in [7, 11) is 3.47. The van der Waals surface area contributed by atoms with Crippen LogP contribution in [-0.4, -0.2) is 31.6 Å². The molecular formula is C19H21N3O2S. The molecule has 0 aliphatic rings. The van der Waals surface area contributed by atoms with Crippen molar-refractivity contribution in [2.75, 3.05) is 30.9 Å². The first-order valence-corrected chi connectivity index (χ1v) is 8.82. The van der Waals surface area contributed by atoms with Crippen molar-refractivity contribution in [2.45, 2.75) is 13.8 Å². The first kappa shape index (κ1) is 17.2. The summed E-state index contributed by atoms with van der Waals surface area (Å²) in [6.45, 7) is 4.35. The lowest BCUT2D eigenvalue weighted by molar-refractivity contribution is -0.114. The number of anilines is 2. The lowest BCUT2D eigenvalue weighted by atomic mass is 10.1. The standard InChI is InChI=1S/C19H21N3O2S/c1-12-9-10-13(2)18-17(12)21-19(25-18)22(3)11-16(23)20-14-7-5-6-8-15(14)24-4/h5-10H,11H2,1-4H3,(H,20,23). The van der Waals surface area contributed by atoms with Gasteiger partial charge in [0.05, 0.1) is 29.6 Å². The van der Waals surface area contributed by atoms with Crippen molar-refractivity contribution in [1.82, 2.24) is 4.98 Å². The van der Waals surface area contributed by atoms with E-state index in [1.807, 2.05) is 36.2 Å². The second-order valence-corrected chi connectivity index (χ2v) is 6.96. The largest absolute Gasteiger partial charge is 0.495 e. The molecule has 2 aromatic carbocycles. The van der Waals surface area contributed by atoms with Gasteiger partial charge in [-0.3, -0.25) is 4.79 Å². The van der Waals surface area contributed by atoms with E-state index < -0.39 is 0 Å². The maximum absolute atomic E-state index is 12.4. The third kappa shape index (κ3) is 3.58. The number of fused-ring (bicyclic) bond motifs is 1. The van der Waals surface area contributed by atoms with Crippen molar-refractivity contribution >= 4 is 38.3 Å². The van der Waals surface area contributed by atoms with Crippen LogP contribution in [0, 0.1) is 13.8 Å². The van der Waals surface area contributed by atoms with Gasteiger partial charge >= 0.3 is 0 Å². The van der Waals surface area contributed by atoms with Crippen LogP contribution in [0.4, 0.5) is 10.8 Å². The van der Waals surface area contributed by atoms with E-state index in [4.69, 9.17) is 9.72 Å². The number of ether oxygens (including phenoxy) is 1. The maximum Gasteiger partial charge on any atom is 0.244 e. The molecule has 130 valence electrons. The number of aryl methyl sites for hydroxylation is 2. The molecule has 0 unspecified atom stereocenters. The number of para-hydroxylation sites is 2. The average Bonchev–Trinajstić information content (AvgIpc) is 3.05. The van der Waals surface area contributed by atoms with Gasteiger partial charge in [0.2, 0.25) is 5.91 Å². The molecular weight excluding hydrogens is 334 g/mol. The zero-order chi connectivity index (χ0) is 18.0.